The van der Waals surface area contributed by atoms with Crippen LogP contribution in [0.3, 0.4) is 0 Å². The summed E-state index contributed by atoms with van der Waals surface area (Å²) in [6.45, 7) is 0.634. The molecule has 5 heteroatoms. The van der Waals surface area contributed by atoms with Gasteiger partial charge in [0.25, 0.3) is 0 Å². The van der Waals surface area contributed by atoms with E-state index in [1.165, 1.54) is 5.56 Å². The first-order valence-corrected chi connectivity index (χ1v) is 9.56. The van der Waals surface area contributed by atoms with Crippen LogP contribution in [0.1, 0.15) is 18.4 Å². The van der Waals surface area contributed by atoms with Gasteiger partial charge >= 0.3 is 0 Å². The van der Waals surface area contributed by atoms with Gasteiger partial charge in [-0.15, -0.1) is 11.8 Å². The second-order valence-corrected chi connectivity index (χ2v) is 7.46. The van der Waals surface area contributed by atoms with E-state index in [1.807, 2.05) is 30.0 Å². The molecule has 1 aromatic carbocycles. The number of hydrogen-bond donors (Lipinski definition) is 1. The smallest absolute Gasteiger partial charge is 0.230 e. The molecule has 1 amide bonds. The first-order chi connectivity index (χ1) is 10.2. The van der Waals surface area contributed by atoms with Gasteiger partial charge in [-0.05, 0) is 29.9 Å². The monoisotopic (exact) mass is 325 g/mol. The van der Waals surface area contributed by atoms with E-state index in [2.05, 4.69) is 17.4 Å². The summed E-state index contributed by atoms with van der Waals surface area (Å²) in [6.07, 6.45) is 2.04. The molecule has 1 saturated heterocycles. The summed E-state index contributed by atoms with van der Waals surface area (Å²) < 4.78 is 5.67. The topological polar surface area (TPSA) is 38.3 Å². The van der Waals surface area contributed by atoms with Gasteiger partial charge in [0.05, 0.1) is 11.4 Å². The molecule has 1 aliphatic heterocycles. The zero-order valence-electron chi connectivity index (χ0n) is 12.5. The summed E-state index contributed by atoms with van der Waals surface area (Å²) in [5, 5.41) is 3.04. The van der Waals surface area contributed by atoms with E-state index in [4.69, 9.17) is 4.74 Å². The number of carbonyl (C=O) groups excluding carboxylic acids is 1. The molecule has 1 N–H and O–H groups in total. The van der Waals surface area contributed by atoms with Crippen molar-refractivity contribution in [2.75, 3.05) is 30.9 Å². The molecule has 0 atom stereocenters. The Morgan fingerprint density at radius 2 is 2.05 bits per heavy atom. The lowest BCUT2D eigenvalue weighted by Crippen LogP contribution is -2.47. The molecule has 0 aliphatic carbocycles. The Morgan fingerprint density at radius 3 is 2.71 bits per heavy atom. The molecule has 2 rings (SSSR count). The van der Waals surface area contributed by atoms with E-state index >= 15 is 0 Å². The third-order valence-electron chi connectivity index (χ3n) is 3.79. The van der Waals surface area contributed by atoms with E-state index in [0.29, 0.717) is 12.3 Å². The van der Waals surface area contributed by atoms with E-state index in [-0.39, 0.29) is 11.5 Å². The minimum Gasteiger partial charge on any atom is -0.376 e. The molecule has 0 bridgehead atoms. The minimum absolute atomic E-state index is 0.102. The zero-order chi connectivity index (χ0) is 15.0. The molecule has 0 aromatic heterocycles. The molecule has 0 radical (unpaired) electrons. The lowest BCUT2D eigenvalue weighted by molar-refractivity contribution is -0.120. The number of benzene rings is 1. The van der Waals surface area contributed by atoms with Crippen molar-refractivity contribution in [3.8, 4) is 0 Å². The molecule has 116 valence electrons. The molecule has 3 nitrogen and oxygen atoms in total. The van der Waals surface area contributed by atoms with Crippen molar-refractivity contribution in [3.63, 3.8) is 0 Å². The van der Waals surface area contributed by atoms with Crippen LogP contribution in [0.25, 0.3) is 0 Å². The SMILES string of the molecule is COC1(CNC(=O)CSCc2ccccc2)CCSCC1. The number of nitrogens with one attached hydrogen (secondary N) is 1. The van der Waals surface area contributed by atoms with Crippen molar-refractivity contribution >= 4 is 29.4 Å². The average Bonchev–Trinajstić information content (AvgIpc) is 2.55. The fraction of sp³-hybridized carbons (Fsp3) is 0.562. The van der Waals surface area contributed by atoms with Crippen LogP contribution in [-0.4, -0.2) is 42.4 Å². The predicted octanol–water partition coefficient (Wildman–Crippen LogP) is 2.95. The van der Waals surface area contributed by atoms with Gasteiger partial charge in [0, 0.05) is 19.4 Å². The van der Waals surface area contributed by atoms with Gasteiger partial charge < -0.3 is 10.1 Å². The van der Waals surface area contributed by atoms with Crippen LogP contribution >= 0.6 is 23.5 Å². The van der Waals surface area contributed by atoms with Crippen LogP contribution in [0.2, 0.25) is 0 Å². The number of hydrogen-bond acceptors (Lipinski definition) is 4. The number of carbonyl (C=O) groups is 1. The van der Waals surface area contributed by atoms with Crippen LogP contribution in [0, 0.1) is 0 Å². The van der Waals surface area contributed by atoms with Crippen LogP contribution in [-0.2, 0) is 15.3 Å². The van der Waals surface area contributed by atoms with Gasteiger partial charge in [-0.1, -0.05) is 30.3 Å². The maximum absolute atomic E-state index is 11.9. The summed E-state index contributed by atoms with van der Waals surface area (Å²) in [4.78, 5) is 11.9. The zero-order valence-corrected chi connectivity index (χ0v) is 14.1. The van der Waals surface area contributed by atoms with Gasteiger partial charge in [-0.25, -0.2) is 0 Å². The Morgan fingerprint density at radius 1 is 1.33 bits per heavy atom. The molecule has 21 heavy (non-hydrogen) atoms. The fourth-order valence-electron chi connectivity index (χ4n) is 2.34. The second-order valence-electron chi connectivity index (χ2n) is 5.25. The number of rotatable bonds is 7. The molecule has 0 saturated carbocycles. The minimum atomic E-state index is -0.148. The lowest BCUT2D eigenvalue weighted by Gasteiger charge is -2.35. The van der Waals surface area contributed by atoms with E-state index < -0.39 is 0 Å². The number of amides is 1. The highest BCUT2D eigenvalue weighted by atomic mass is 32.2. The number of methoxy groups -OCH3 is 1. The maximum atomic E-state index is 11.9. The Labute approximate surface area is 135 Å². The summed E-state index contributed by atoms with van der Waals surface area (Å²) in [5.74, 6) is 3.72. The van der Waals surface area contributed by atoms with Crippen molar-refractivity contribution < 1.29 is 9.53 Å². The Kier molecular flexibility index (Phi) is 6.93. The highest BCUT2D eigenvalue weighted by molar-refractivity contribution is 7.99. The largest absolute Gasteiger partial charge is 0.376 e. The van der Waals surface area contributed by atoms with E-state index in [1.54, 1.807) is 18.9 Å². The molecule has 0 unspecified atom stereocenters. The van der Waals surface area contributed by atoms with Gasteiger partial charge in [-0.3, -0.25) is 4.79 Å². The molecule has 1 aromatic rings. The summed E-state index contributed by atoms with van der Waals surface area (Å²) in [7, 11) is 1.76. The first kappa shape index (κ1) is 16.7. The van der Waals surface area contributed by atoms with E-state index in [9.17, 15) is 4.79 Å². The highest BCUT2D eigenvalue weighted by Crippen LogP contribution is 2.29. The molecule has 1 aliphatic rings. The number of thioether (sulfide) groups is 2. The quantitative estimate of drug-likeness (QED) is 0.836. The average molecular weight is 325 g/mol. The second kappa shape index (κ2) is 8.71. The van der Waals surface area contributed by atoms with Crippen molar-refractivity contribution in [2.24, 2.45) is 0 Å². The Balaban J connectivity index is 1.67. The molecule has 1 heterocycles. The Bertz CT molecular complexity index is 433. The van der Waals surface area contributed by atoms with Crippen LogP contribution in [0.4, 0.5) is 0 Å². The van der Waals surface area contributed by atoms with E-state index in [0.717, 1.165) is 30.1 Å². The third-order valence-corrected chi connectivity index (χ3v) is 5.78. The van der Waals surface area contributed by atoms with Gasteiger partial charge in [0.2, 0.25) is 5.91 Å². The number of ether oxygens (including phenoxy) is 1. The molecule has 0 spiro atoms. The molecular weight excluding hydrogens is 302 g/mol. The molecule has 1 fully saturated rings. The summed E-state index contributed by atoms with van der Waals surface area (Å²) >= 11 is 3.61. The van der Waals surface area contributed by atoms with Gasteiger partial charge in [0.1, 0.15) is 0 Å². The van der Waals surface area contributed by atoms with Crippen molar-refractivity contribution in [1.82, 2.24) is 5.32 Å². The van der Waals surface area contributed by atoms with Gasteiger partial charge in [0.15, 0.2) is 0 Å². The summed E-state index contributed by atoms with van der Waals surface area (Å²) in [6, 6.07) is 10.2. The van der Waals surface area contributed by atoms with Crippen molar-refractivity contribution in [3.05, 3.63) is 35.9 Å². The highest BCUT2D eigenvalue weighted by Gasteiger charge is 2.32. The van der Waals surface area contributed by atoms with Gasteiger partial charge in [-0.2, -0.15) is 11.8 Å². The Hall–Kier alpha value is -0.650. The normalized spacial score (nSPS) is 17.4. The van der Waals surface area contributed by atoms with Crippen LogP contribution in [0.15, 0.2) is 30.3 Å². The molecular formula is C16H23NO2S2. The fourth-order valence-corrected chi connectivity index (χ4v) is 4.40. The summed E-state index contributed by atoms with van der Waals surface area (Å²) in [5.41, 5.74) is 1.11. The lowest BCUT2D eigenvalue weighted by atomic mass is 9.96. The standard InChI is InChI=1S/C16H23NO2S2/c1-19-16(7-9-20-10-8-16)13-17-15(18)12-21-11-14-5-3-2-4-6-14/h2-6H,7-13H2,1H3,(H,17,18). The van der Waals surface area contributed by atoms with Crippen LogP contribution < -0.4 is 5.32 Å². The van der Waals surface area contributed by atoms with Crippen molar-refractivity contribution in [2.45, 2.75) is 24.2 Å². The maximum Gasteiger partial charge on any atom is 0.230 e. The first-order valence-electron chi connectivity index (χ1n) is 7.25. The van der Waals surface area contributed by atoms with Crippen LogP contribution in [0.5, 0.6) is 0 Å². The predicted molar refractivity (Wildman–Crippen MR) is 91.9 cm³/mol. The van der Waals surface area contributed by atoms with Crippen molar-refractivity contribution in [1.29, 1.82) is 0 Å². The third kappa shape index (κ3) is 5.57.